The van der Waals surface area contributed by atoms with Gasteiger partial charge in [-0.05, 0) is 53.7 Å². The first-order valence-corrected chi connectivity index (χ1v) is 10.9. The number of aliphatic imine (C=N–C) groups is 1. The molecule has 0 aromatic heterocycles. The summed E-state index contributed by atoms with van der Waals surface area (Å²) in [6.07, 6.45) is 3.58. The number of piperazine rings is 1. The Morgan fingerprint density at radius 3 is 2.53 bits per heavy atom. The number of amides is 1. The number of carbonyl (C=O) groups excluding carboxylic acids is 1. The quantitative estimate of drug-likeness (QED) is 0.499. The summed E-state index contributed by atoms with van der Waals surface area (Å²) in [6, 6.07) is 15.5. The van der Waals surface area contributed by atoms with Crippen LogP contribution in [0.2, 0.25) is 5.02 Å². The van der Waals surface area contributed by atoms with Gasteiger partial charge in [0, 0.05) is 36.9 Å². The molecule has 0 bridgehead atoms. The Morgan fingerprint density at radius 1 is 1.10 bits per heavy atom. The number of ether oxygens (including phenoxy) is 1. The molecule has 0 N–H and O–H groups in total. The van der Waals surface area contributed by atoms with Crippen LogP contribution in [0.3, 0.4) is 0 Å². The van der Waals surface area contributed by atoms with Crippen LogP contribution in [0.4, 0.5) is 5.69 Å². The van der Waals surface area contributed by atoms with Gasteiger partial charge in [0.25, 0.3) is 5.91 Å². The van der Waals surface area contributed by atoms with Gasteiger partial charge in [0.2, 0.25) is 0 Å². The van der Waals surface area contributed by atoms with Crippen molar-refractivity contribution in [2.45, 2.75) is 0 Å². The first-order chi connectivity index (χ1) is 14.6. The fourth-order valence-electron chi connectivity index (χ4n) is 3.33. The van der Waals surface area contributed by atoms with Gasteiger partial charge in [-0.1, -0.05) is 42.5 Å². The molecule has 0 radical (unpaired) electrons. The Kier molecular flexibility index (Phi) is 6.45. The molecule has 2 aromatic rings. The minimum absolute atomic E-state index is 0.181. The van der Waals surface area contributed by atoms with E-state index in [1.54, 1.807) is 6.08 Å². The lowest BCUT2D eigenvalue weighted by atomic mass is 10.2. The van der Waals surface area contributed by atoms with E-state index in [1.165, 1.54) is 11.8 Å². The molecule has 4 rings (SSSR count). The fourth-order valence-corrected chi connectivity index (χ4v) is 4.48. The summed E-state index contributed by atoms with van der Waals surface area (Å²) in [4.78, 5) is 21.8. The zero-order valence-corrected chi connectivity index (χ0v) is 18.0. The predicted molar refractivity (Wildman–Crippen MR) is 125 cm³/mol. The molecule has 1 amide bonds. The average Bonchev–Trinajstić information content (AvgIpc) is 3.13. The van der Waals surface area contributed by atoms with Crippen LogP contribution in [0.1, 0.15) is 5.56 Å². The molecule has 0 atom stereocenters. The Morgan fingerprint density at radius 2 is 1.83 bits per heavy atom. The zero-order chi connectivity index (χ0) is 20.9. The van der Waals surface area contributed by atoms with Crippen molar-refractivity contribution in [3.63, 3.8) is 0 Å². The lowest BCUT2D eigenvalue weighted by Gasteiger charge is -2.36. The van der Waals surface area contributed by atoms with Gasteiger partial charge in [0.1, 0.15) is 12.4 Å². The van der Waals surface area contributed by atoms with E-state index in [1.807, 2.05) is 48.5 Å². The number of thioether (sulfide) groups is 1. The average molecular weight is 440 g/mol. The number of rotatable bonds is 5. The minimum atomic E-state index is -0.181. The number of nitrogens with zero attached hydrogens (tertiary/aromatic N) is 3. The molecule has 0 spiro atoms. The molecular formula is C23H22ClN3O2S. The van der Waals surface area contributed by atoms with Gasteiger partial charge in [-0.15, -0.1) is 0 Å². The lowest BCUT2D eigenvalue weighted by Crippen LogP contribution is -2.47. The number of benzene rings is 2. The van der Waals surface area contributed by atoms with E-state index >= 15 is 0 Å². The van der Waals surface area contributed by atoms with Crippen LogP contribution in [0.25, 0.3) is 6.08 Å². The van der Waals surface area contributed by atoms with Gasteiger partial charge in [-0.2, -0.15) is 4.99 Å². The maximum Gasteiger partial charge on any atom is 0.286 e. The number of carbonyl (C=O) groups is 1. The second-order valence-electron chi connectivity index (χ2n) is 6.93. The molecule has 7 heteroatoms. The third kappa shape index (κ3) is 4.89. The van der Waals surface area contributed by atoms with Gasteiger partial charge in [-0.3, -0.25) is 4.79 Å². The Balaban J connectivity index is 1.36. The normalized spacial score (nSPS) is 18.0. The van der Waals surface area contributed by atoms with Crippen LogP contribution in [-0.2, 0) is 4.79 Å². The summed E-state index contributed by atoms with van der Waals surface area (Å²) < 4.78 is 5.49. The molecule has 1 saturated heterocycles. The van der Waals surface area contributed by atoms with Crippen molar-refractivity contribution in [2.75, 3.05) is 37.7 Å². The van der Waals surface area contributed by atoms with Gasteiger partial charge >= 0.3 is 0 Å². The second-order valence-corrected chi connectivity index (χ2v) is 8.38. The molecule has 0 unspecified atom stereocenters. The van der Waals surface area contributed by atoms with Crippen LogP contribution in [-0.4, -0.2) is 48.8 Å². The summed E-state index contributed by atoms with van der Waals surface area (Å²) in [7, 11) is 0. The highest BCUT2D eigenvalue weighted by molar-refractivity contribution is 8.18. The predicted octanol–water partition coefficient (Wildman–Crippen LogP) is 4.70. The lowest BCUT2D eigenvalue weighted by molar-refractivity contribution is -0.113. The number of amidine groups is 1. The first kappa shape index (κ1) is 20.6. The molecule has 2 aliphatic rings. The largest absolute Gasteiger partial charge is 0.490 e. The van der Waals surface area contributed by atoms with Crippen molar-refractivity contribution >= 4 is 46.2 Å². The van der Waals surface area contributed by atoms with Crippen LogP contribution in [0.5, 0.6) is 5.75 Å². The molecule has 2 aliphatic heterocycles. The van der Waals surface area contributed by atoms with Crippen LogP contribution in [0, 0.1) is 0 Å². The third-order valence-corrected chi connectivity index (χ3v) is 6.16. The van der Waals surface area contributed by atoms with Crippen molar-refractivity contribution in [3.8, 4) is 5.75 Å². The summed E-state index contributed by atoms with van der Waals surface area (Å²) in [5, 5.41) is 1.52. The number of hydrogen-bond donors (Lipinski definition) is 0. The fraction of sp³-hybridized carbons (Fsp3) is 0.217. The van der Waals surface area contributed by atoms with E-state index in [0.29, 0.717) is 11.5 Å². The van der Waals surface area contributed by atoms with E-state index in [0.717, 1.165) is 53.4 Å². The summed E-state index contributed by atoms with van der Waals surface area (Å²) in [6.45, 7) is 7.46. The van der Waals surface area contributed by atoms with E-state index in [4.69, 9.17) is 16.3 Å². The van der Waals surface area contributed by atoms with E-state index < -0.39 is 0 Å². The van der Waals surface area contributed by atoms with Gasteiger partial charge in [-0.25, -0.2) is 0 Å². The van der Waals surface area contributed by atoms with Crippen molar-refractivity contribution < 1.29 is 9.53 Å². The Bertz CT molecular complexity index is 996. The molecule has 1 fully saturated rings. The smallest absolute Gasteiger partial charge is 0.286 e. The number of hydrogen-bond acceptors (Lipinski definition) is 5. The van der Waals surface area contributed by atoms with E-state index in [-0.39, 0.29) is 5.91 Å². The standard InChI is InChI=1S/C23H22ClN3O2S/c1-2-14-29-20-8-6-17(7-9-20)15-21-22(28)25-23(30-21)27-12-10-26(11-13-27)19-5-3-4-18(24)16-19/h2-9,15-16H,1,10-14H2/b21-15+. The van der Waals surface area contributed by atoms with Crippen LogP contribution in [0.15, 0.2) is 71.1 Å². The molecule has 30 heavy (non-hydrogen) atoms. The molecule has 0 aliphatic carbocycles. The maximum atomic E-state index is 12.4. The van der Waals surface area contributed by atoms with E-state index in [2.05, 4.69) is 27.4 Å². The van der Waals surface area contributed by atoms with Crippen LogP contribution < -0.4 is 9.64 Å². The van der Waals surface area contributed by atoms with E-state index in [9.17, 15) is 4.79 Å². The molecule has 154 valence electrons. The second kappa shape index (κ2) is 9.41. The molecule has 2 heterocycles. The third-order valence-electron chi connectivity index (χ3n) is 4.88. The molecular weight excluding hydrogens is 418 g/mol. The molecule has 5 nitrogen and oxygen atoms in total. The van der Waals surface area contributed by atoms with Crippen molar-refractivity contribution in [3.05, 3.63) is 76.7 Å². The monoisotopic (exact) mass is 439 g/mol. The van der Waals surface area contributed by atoms with Gasteiger partial charge in [0.15, 0.2) is 5.17 Å². The van der Waals surface area contributed by atoms with Crippen molar-refractivity contribution in [1.29, 1.82) is 0 Å². The zero-order valence-electron chi connectivity index (χ0n) is 16.5. The van der Waals surface area contributed by atoms with Crippen molar-refractivity contribution in [1.82, 2.24) is 4.90 Å². The van der Waals surface area contributed by atoms with Crippen LogP contribution >= 0.6 is 23.4 Å². The molecule has 0 saturated carbocycles. The highest BCUT2D eigenvalue weighted by Gasteiger charge is 2.28. The Labute approximate surface area is 185 Å². The van der Waals surface area contributed by atoms with Crippen molar-refractivity contribution in [2.24, 2.45) is 4.99 Å². The number of anilines is 1. The topological polar surface area (TPSA) is 45.1 Å². The first-order valence-electron chi connectivity index (χ1n) is 9.74. The highest BCUT2D eigenvalue weighted by Crippen LogP contribution is 2.31. The Hall–Kier alpha value is -2.70. The SMILES string of the molecule is C=CCOc1ccc(/C=C2/SC(N3CCN(c4cccc(Cl)c4)CC3)=NC2=O)cc1. The van der Waals surface area contributed by atoms with Gasteiger partial charge < -0.3 is 14.5 Å². The summed E-state index contributed by atoms with van der Waals surface area (Å²) >= 11 is 7.55. The van der Waals surface area contributed by atoms with Gasteiger partial charge in [0.05, 0.1) is 4.91 Å². The maximum absolute atomic E-state index is 12.4. The summed E-state index contributed by atoms with van der Waals surface area (Å²) in [5.41, 5.74) is 2.07. The molecule has 2 aromatic carbocycles. The highest BCUT2D eigenvalue weighted by atomic mass is 35.5. The minimum Gasteiger partial charge on any atom is -0.490 e. The summed E-state index contributed by atoms with van der Waals surface area (Å²) in [5.74, 6) is 0.594. The number of halogens is 1.